The maximum absolute atomic E-state index is 12.1. The van der Waals surface area contributed by atoms with E-state index in [4.69, 9.17) is 4.74 Å². The second-order valence-corrected chi connectivity index (χ2v) is 5.02. The number of carbonyl (C=O) groups excluding carboxylic acids is 1. The molecule has 0 aliphatic carbocycles. The molecule has 2 N–H and O–H groups in total. The fourth-order valence-electron chi connectivity index (χ4n) is 1.99. The zero-order valence-corrected chi connectivity index (χ0v) is 11.5. The summed E-state index contributed by atoms with van der Waals surface area (Å²) in [5.74, 6) is -0.102. The van der Waals surface area contributed by atoms with Gasteiger partial charge >= 0.3 is 0 Å². The fourth-order valence-corrected chi connectivity index (χ4v) is 1.99. The van der Waals surface area contributed by atoms with Gasteiger partial charge in [0.1, 0.15) is 6.61 Å². The van der Waals surface area contributed by atoms with Crippen LogP contribution in [0.3, 0.4) is 0 Å². The lowest BCUT2D eigenvalue weighted by atomic mass is 10.0. The van der Waals surface area contributed by atoms with Crippen LogP contribution in [-0.2, 0) is 9.53 Å². The molecule has 0 aromatic carbocycles. The summed E-state index contributed by atoms with van der Waals surface area (Å²) in [6.07, 6.45) is -2.46. The molecule has 0 radical (unpaired) electrons. The van der Waals surface area contributed by atoms with E-state index in [1.807, 2.05) is 13.8 Å². The Labute approximate surface area is 112 Å². The summed E-state index contributed by atoms with van der Waals surface area (Å²) >= 11 is 0. The van der Waals surface area contributed by atoms with Crippen LogP contribution in [0.2, 0.25) is 0 Å². The van der Waals surface area contributed by atoms with Crippen molar-refractivity contribution in [3.05, 3.63) is 0 Å². The van der Waals surface area contributed by atoms with Crippen LogP contribution in [0, 0.1) is 0 Å². The molecule has 112 valence electrons. The highest BCUT2D eigenvalue weighted by Crippen LogP contribution is 2.14. The highest BCUT2D eigenvalue weighted by atomic mass is 19.3. The van der Waals surface area contributed by atoms with Gasteiger partial charge in [0.05, 0.1) is 12.1 Å². The topological polar surface area (TPSA) is 53.6 Å². The predicted molar refractivity (Wildman–Crippen MR) is 68.4 cm³/mol. The molecule has 1 aliphatic heterocycles. The average Bonchev–Trinajstić information content (AvgIpc) is 2.38. The molecule has 5 nitrogen and oxygen atoms in total. The predicted octanol–water partition coefficient (Wildman–Crippen LogP) is 0.0681. The Morgan fingerprint density at radius 2 is 2.05 bits per heavy atom. The van der Waals surface area contributed by atoms with Crippen molar-refractivity contribution in [1.82, 2.24) is 15.5 Å². The Morgan fingerprint density at radius 3 is 2.63 bits per heavy atom. The molecular weight excluding hydrogens is 256 g/mol. The zero-order chi connectivity index (χ0) is 14.3. The molecule has 0 aromatic heterocycles. The van der Waals surface area contributed by atoms with Gasteiger partial charge in [-0.1, -0.05) is 0 Å². The van der Waals surface area contributed by atoms with Crippen molar-refractivity contribution in [2.24, 2.45) is 0 Å². The third kappa shape index (κ3) is 5.38. The van der Waals surface area contributed by atoms with Crippen molar-refractivity contribution in [2.45, 2.75) is 25.8 Å². The van der Waals surface area contributed by atoms with E-state index >= 15 is 0 Å². The Kier molecular flexibility index (Phi) is 6.60. The summed E-state index contributed by atoms with van der Waals surface area (Å²) in [5, 5.41) is 5.95. The Morgan fingerprint density at radius 1 is 1.42 bits per heavy atom. The van der Waals surface area contributed by atoms with Crippen molar-refractivity contribution in [2.75, 3.05) is 45.9 Å². The van der Waals surface area contributed by atoms with Gasteiger partial charge in [0, 0.05) is 32.7 Å². The van der Waals surface area contributed by atoms with Crippen molar-refractivity contribution in [1.29, 1.82) is 0 Å². The number of rotatable bonds is 7. The number of nitrogens with one attached hydrogen (secondary N) is 2. The minimum atomic E-state index is -2.46. The van der Waals surface area contributed by atoms with Crippen LogP contribution in [-0.4, -0.2) is 68.7 Å². The summed E-state index contributed by atoms with van der Waals surface area (Å²) < 4.78 is 28.4. The van der Waals surface area contributed by atoms with Gasteiger partial charge in [0.2, 0.25) is 5.91 Å². The third-order valence-electron chi connectivity index (χ3n) is 3.24. The number of hydrogen-bond acceptors (Lipinski definition) is 4. The maximum Gasteiger partial charge on any atom is 0.261 e. The average molecular weight is 279 g/mol. The van der Waals surface area contributed by atoms with Crippen molar-refractivity contribution in [3.8, 4) is 0 Å². The summed E-state index contributed by atoms with van der Waals surface area (Å²) in [7, 11) is 0. The molecule has 7 heteroatoms. The number of halogens is 2. The number of amides is 1. The van der Waals surface area contributed by atoms with Crippen LogP contribution >= 0.6 is 0 Å². The van der Waals surface area contributed by atoms with Gasteiger partial charge in [-0.2, -0.15) is 0 Å². The van der Waals surface area contributed by atoms with Crippen molar-refractivity contribution in [3.63, 3.8) is 0 Å². The molecular formula is C12H23F2N3O2. The molecule has 0 saturated carbocycles. The van der Waals surface area contributed by atoms with Crippen molar-refractivity contribution < 1.29 is 18.3 Å². The van der Waals surface area contributed by atoms with Gasteiger partial charge in [0.25, 0.3) is 6.43 Å². The fraction of sp³-hybridized carbons (Fsp3) is 0.917. The first-order chi connectivity index (χ1) is 8.94. The molecule has 0 atom stereocenters. The van der Waals surface area contributed by atoms with Crippen molar-refractivity contribution >= 4 is 5.91 Å². The lowest BCUT2D eigenvalue weighted by Crippen LogP contribution is -2.60. The quantitative estimate of drug-likeness (QED) is 0.648. The van der Waals surface area contributed by atoms with Gasteiger partial charge in [-0.05, 0) is 13.8 Å². The molecule has 0 spiro atoms. The molecule has 1 saturated heterocycles. The van der Waals surface area contributed by atoms with E-state index in [9.17, 15) is 13.6 Å². The van der Waals surface area contributed by atoms with Crippen LogP contribution in [0.5, 0.6) is 0 Å². The summed E-state index contributed by atoms with van der Waals surface area (Å²) in [6, 6.07) is 0. The summed E-state index contributed by atoms with van der Waals surface area (Å²) in [6.45, 7) is 6.89. The standard InChI is InChI=1S/C12H23F2N3O2/c1-12(2,17-6-3-15-4-7-17)11(18)16-5-8-19-9-10(13)14/h10,15H,3-9H2,1-2H3,(H,16,18). The molecule has 0 unspecified atom stereocenters. The lowest BCUT2D eigenvalue weighted by molar-refractivity contribution is -0.132. The second-order valence-electron chi connectivity index (χ2n) is 5.02. The van der Waals surface area contributed by atoms with Gasteiger partial charge in [-0.15, -0.1) is 0 Å². The lowest BCUT2D eigenvalue weighted by Gasteiger charge is -2.39. The number of nitrogens with zero attached hydrogens (tertiary/aromatic N) is 1. The van der Waals surface area contributed by atoms with E-state index in [-0.39, 0.29) is 19.1 Å². The molecule has 1 rings (SSSR count). The van der Waals surface area contributed by atoms with E-state index in [0.29, 0.717) is 0 Å². The van der Waals surface area contributed by atoms with Crippen LogP contribution in [0.4, 0.5) is 8.78 Å². The van der Waals surface area contributed by atoms with Crippen LogP contribution in [0.15, 0.2) is 0 Å². The van der Waals surface area contributed by atoms with Gasteiger partial charge < -0.3 is 15.4 Å². The molecule has 0 aromatic rings. The number of piperazine rings is 1. The van der Waals surface area contributed by atoms with E-state index in [1.165, 1.54) is 0 Å². The molecule has 1 aliphatic rings. The van der Waals surface area contributed by atoms with Crippen LogP contribution in [0.1, 0.15) is 13.8 Å². The minimum Gasteiger partial charge on any atom is -0.374 e. The van der Waals surface area contributed by atoms with Gasteiger partial charge in [-0.25, -0.2) is 8.78 Å². The van der Waals surface area contributed by atoms with Gasteiger partial charge in [-0.3, -0.25) is 9.69 Å². The zero-order valence-electron chi connectivity index (χ0n) is 11.5. The largest absolute Gasteiger partial charge is 0.374 e. The molecule has 0 bridgehead atoms. The minimum absolute atomic E-state index is 0.102. The van der Waals surface area contributed by atoms with E-state index in [2.05, 4.69) is 15.5 Å². The van der Waals surface area contributed by atoms with Crippen LogP contribution < -0.4 is 10.6 Å². The maximum atomic E-state index is 12.1. The second kappa shape index (κ2) is 7.72. The Balaban J connectivity index is 2.26. The van der Waals surface area contributed by atoms with Gasteiger partial charge in [0.15, 0.2) is 0 Å². The van der Waals surface area contributed by atoms with E-state index in [0.717, 1.165) is 26.2 Å². The molecule has 1 fully saturated rings. The summed E-state index contributed by atoms with van der Waals surface area (Å²) in [4.78, 5) is 14.2. The third-order valence-corrected chi connectivity index (χ3v) is 3.24. The van der Waals surface area contributed by atoms with Crippen LogP contribution in [0.25, 0.3) is 0 Å². The molecule has 1 amide bonds. The smallest absolute Gasteiger partial charge is 0.261 e. The molecule has 19 heavy (non-hydrogen) atoms. The van der Waals surface area contributed by atoms with E-state index < -0.39 is 18.6 Å². The normalized spacial score (nSPS) is 17.7. The van der Waals surface area contributed by atoms with E-state index in [1.54, 1.807) is 0 Å². The SMILES string of the molecule is CC(C)(C(=O)NCCOCC(F)F)N1CCNCC1. The highest BCUT2D eigenvalue weighted by molar-refractivity contribution is 5.85. The number of hydrogen-bond donors (Lipinski definition) is 2. The Hall–Kier alpha value is -0.790. The number of ether oxygens (including phenoxy) is 1. The monoisotopic (exact) mass is 279 g/mol. The first-order valence-electron chi connectivity index (χ1n) is 6.54. The highest BCUT2D eigenvalue weighted by Gasteiger charge is 2.34. The molecule has 1 heterocycles. The first kappa shape index (κ1) is 16.3. The number of alkyl halides is 2. The Bertz CT molecular complexity index is 282. The summed E-state index contributed by atoms with van der Waals surface area (Å²) in [5.41, 5.74) is -0.592. The number of carbonyl (C=O) groups is 1. The first-order valence-corrected chi connectivity index (χ1v) is 6.54.